The highest BCUT2D eigenvalue weighted by Crippen LogP contribution is 2.25. The lowest BCUT2D eigenvalue weighted by molar-refractivity contribution is 0.104. The number of allylic oxidation sites excluding steroid dienone is 1. The van der Waals surface area contributed by atoms with Crippen LogP contribution in [0.15, 0.2) is 71.6 Å². The maximum atomic E-state index is 12.6. The van der Waals surface area contributed by atoms with Gasteiger partial charge in [0.2, 0.25) is 0 Å². The summed E-state index contributed by atoms with van der Waals surface area (Å²) in [5.41, 5.74) is 5.93. The number of nitrogens with zero attached hydrogens (tertiary/aromatic N) is 1. The van der Waals surface area contributed by atoms with Crippen LogP contribution in [0.3, 0.4) is 0 Å². The number of ketones is 1. The van der Waals surface area contributed by atoms with Crippen LogP contribution in [0.5, 0.6) is 5.75 Å². The molecule has 0 aromatic heterocycles. The maximum absolute atomic E-state index is 12.6. The first-order valence-electron chi connectivity index (χ1n) is 12.8. The standard InChI is InChI=1S/C24H29NO2.C7H8O3S/c1-18-8-4-5-9-21(18)10-11-23(26)22-16-19(2)24(20(3)17-22)27-15-14-25-12-6-7-13-25;1-6-2-4-7(5-3-6)11(8,9)10/h4-5,8-11,16-17H,6-7,12-15H2,1-3H3;2-5H,1H3,(H,8,9,10). The largest absolute Gasteiger partial charge is 0.492 e. The molecule has 4 rings (SSSR count). The van der Waals surface area contributed by atoms with Gasteiger partial charge in [-0.15, -0.1) is 0 Å². The van der Waals surface area contributed by atoms with E-state index in [9.17, 15) is 13.2 Å². The average Bonchev–Trinajstić information content (AvgIpc) is 3.38. The first-order valence-corrected chi connectivity index (χ1v) is 14.3. The molecule has 7 heteroatoms. The highest BCUT2D eigenvalue weighted by molar-refractivity contribution is 7.85. The lowest BCUT2D eigenvalue weighted by Gasteiger charge is -2.17. The van der Waals surface area contributed by atoms with Gasteiger partial charge in [0.1, 0.15) is 12.4 Å². The molecule has 1 aliphatic heterocycles. The Morgan fingerprint density at radius 3 is 2.11 bits per heavy atom. The highest BCUT2D eigenvalue weighted by Gasteiger charge is 2.13. The SMILES string of the molecule is Cc1ccc(S(=O)(=O)O)cc1.Cc1ccccc1C=CC(=O)c1cc(C)c(OCCN2CCCC2)c(C)c1. The molecule has 0 aliphatic carbocycles. The van der Waals surface area contributed by atoms with Crippen molar-refractivity contribution < 1.29 is 22.5 Å². The summed E-state index contributed by atoms with van der Waals surface area (Å²) in [5, 5.41) is 0. The van der Waals surface area contributed by atoms with E-state index < -0.39 is 10.1 Å². The smallest absolute Gasteiger partial charge is 0.294 e. The second-order valence-electron chi connectivity index (χ2n) is 9.68. The van der Waals surface area contributed by atoms with Crippen molar-refractivity contribution in [3.05, 3.63) is 100 Å². The zero-order chi connectivity index (χ0) is 27.7. The van der Waals surface area contributed by atoms with Crippen LogP contribution in [-0.4, -0.2) is 49.9 Å². The molecule has 0 bridgehead atoms. The minimum Gasteiger partial charge on any atom is -0.492 e. The Bertz CT molecular complexity index is 1350. The maximum Gasteiger partial charge on any atom is 0.294 e. The fraction of sp³-hybridized carbons (Fsp3) is 0.323. The molecule has 1 N–H and O–H groups in total. The van der Waals surface area contributed by atoms with E-state index in [1.807, 2.05) is 70.2 Å². The Hall–Kier alpha value is -3.26. The molecule has 0 saturated carbocycles. The summed E-state index contributed by atoms with van der Waals surface area (Å²) in [7, 11) is -4.02. The first-order chi connectivity index (χ1) is 18.0. The van der Waals surface area contributed by atoms with Crippen LogP contribution in [0, 0.1) is 27.7 Å². The van der Waals surface area contributed by atoms with Crippen LogP contribution >= 0.6 is 0 Å². The normalized spacial score (nSPS) is 13.8. The molecule has 38 heavy (non-hydrogen) atoms. The van der Waals surface area contributed by atoms with E-state index in [0.29, 0.717) is 12.2 Å². The zero-order valence-corrected chi connectivity index (χ0v) is 23.4. The molecule has 1 fully saturated rings. The fourth-order valence-electron chi connectivity index (χ4n) is 4.35. The number of hydrogen-bond donors (Lipinski definition) is 1. The van der Waals surface area contributed by atoms with E-state index in [-0.39, 0.29) is 10.7 Å². The molecule has 6 nitrogen and oxygen atoms in total. The molecular weight excluding hydrogens is 498 g/mol. The Labute approximate surface area is 226 Å². The van der Waals surface area contributed by atoms with Gasteiger partial charge in [0.15, 0.2) is 5.78 Å². The molecule has 3 aromatic rings. The minimum absolute atomic E-state index is 0.0214. The highest BCUT2D eigenvalue weighted by atomic mass is 32.2. The summed E-state index contributed by atoms with van der Waals surface area (Å²) in [6.45, 7) is 11.9. The summed E-state index contributed by atoms with van der Waals surface area (Å²) in [5.74, 6) is 0.932. The Morgan fingerprint density at radius 2 is 1.53 bits per heavy atom. The van der Waals surface area contributed by atoms with Gasteiger partial charge in [-0.05, 0) is 106 Å². The third-order valence-electron chi connectivity index (χ3n) is 6.52. The number of carbonyl (C=O) groups is 1. The van der Waals surface area contributed by atoms with Gasteiger partial charge in [0, 0.05) is 12.1 Å². The van der Waals surface area contributed by atoms with Gasteiger partial charge in [0.25, 0.3) is 10.1 Å². The van der Waals surface area contributed by atoms with Gasteiger partial charge in [-0.1, -0.05) is 48.0 Å². The summed E-state index contributed by atoms with van der Waals surface area (Å²) in [6, 6.07) is 17.9. The molecule has 202 valence electrons. The van der Waals surface area contributed by atoms with Crippen molar-refractivity contribution in [3.63, 3.8) is 0 Å². The van der Waals surface area contributed by atoms with Crippen molar-refractivity contribution >= 4 is 22.0 Å². The van der Waals surface area contributed by atoms with Crippen LogP contribution in [0.25, 0.3) is 6.08 Å². The van der Waals surface area contributed by atoms with Crippen LogP contribution in [0.4, 0.5) is 0 Å². The predicted octanol–water partition coefficient (Wildman–Crippen LogP) is 6.22. The van der Waals surface area contributed by atoms with E-state index in [2.05, 4.69) is 4.90 Å². The van der Waals surface area contributed by atoms with Crippen LogP contribution in [0.1, 0.15) is 51.0 Å². The molecule has 1 saturated heterocycles. The van der Waals surface area contributed by atoms with Crippen molar-refractivity contribution in [1.29, 1.82) is 0 Å². The molecule has 1 aliphatic rings. The molecular formula is C31H37NO5S. The van der Waals surface area contributed by atoms with E-state index in [0.717, 1.165) is 40.1 Å². The van der Waals surface area contributed by atoms with E-state index in [1.165, 1.54) is 38.1 Å². The molecule has 3 aromatic carbocycles. The predicted molar refractivity (Wildman–Crippen MR) is 153 cm³/mol. The molecule has 1 heterocycles. The Kier molecular flexibility index (Phi) is 10.4. The van der Waals surface area contributed by atoms with Crippen LogP contribution in [-0.2, 0) is 10.1 Å². The summed E-state index contributed by atoms with van der Waals surface area (Å²) >= 11 is 0. The molecule has 0 amide bonds. The third-order valence-corrected chi connectivity index (χ3v) is 7.39. The number of hydrogen-bond acceptors (Lipinski definition) is 5. The van der Waals surface area contributed by atoms with Gasteiger partial charge in [0.05, 0.1) is 4.90 Å². The van der Waals surface area contributed by atoms with Crippen molar-refractivity contribution in [2.45, 2.75) is 45.4 Å². The molecule has 0 spiro atoms. The second kappa shape index (κ2) is 13.5. The lowest BCUT2D eigenvalue weighted by atomic mass is 10.0. The Balaban J connectivity index is 0.000000304. The summed E-state index contributed by atoms with van der Waals surface area (Å²) in [4.78, 5) is 15.0. The third kappa shape index (κ3) is 8.65. The van der Waals surface area contributed by atoms with Crippen molar-refractivity contribution in [3.8, 4) is 5.75 Å². The van der Waals surface area contributed by atoms with E-state index in [4.69, 9.17) is 9.29 Å². The zero-order valence-electron chi connectivity index (χ0n) is 22.6. The van der Waals surface area contributed by atoms with E-state index in [1.54, 1.807) is 18.2 Å². The topological polar surface area (TPSA) is 83.9 Å². The molecule has 0 atom stereocenters. The van der Waals surface area contributed by atoms with Gasteiger partial charge < -0.3 is 4.74 Å². The molecule has 0 unspecified atom stereocenters. The molecule has 0 radical (unpaired) electrons. The number of aryl methyl sites for hydroxylation is 4. The quantitative estimate of drug-likeness (QED) is 0.209. The average molecular weight is 536 g/mol. The van der Waals surface area contributed by atoms with E-state index >= 15 is 0 Å². The Morgan fingerprint density at radius 1 is 0.921 bits per heavy atom. The van der Waals surface area contributed by atoms with Gasteiger partial charge in [-0.3, -0.25) is 14.2 Å². The lowest BCUT2D eigenvalue weighted by Crippen LogP contribution is -2.25. The second-order valence-corrected chi connectivity index (χ2v) is 11.1. The van der Waals surface area contributed by atoms with Crippen LogP contribution in [0.2, 0.25) is 0 Å². The minimum atomic E-state index is -4.02. The summed E-state index contributed by atoms with van der Waals surface area (Å²) in [6.07, 6.45) is 6.14. The number of likely N-dealkylation sites (tertiary alicyclic amines) is 1. The van der Waals surface area contributed by atoms with Gasteiger partial charge in [-0.25, -0.2) is 0 Å². The number of benzene rings is 3. The van der Waals surface area contributed by atoms with Crippen molar-refractivity contribution in [1.82, 2.24) is 4.90 Å². The number of ether oxygens (including phenoxy) is 1. The van der Waals surface area contributed by atoms with Crippen LogP contribution < -0.4 is 4.74 Å². The van der Waals surface area contributed by atoms with Crippen molar-refractivity contribution in [2.24, 2.45) is 0 Å². The number of rotatable bonds is 8. The fourth-order valence-corrected chi connectivity index (χ4v) is 4.83. The van der Waals surface area contributed by atoms with Gasteiger partial charge in [-0.2, -0.15) is 8.42 Å². The monoisotopic (exact) mass is 535 g/mol. The van der Waals surface area contributed by atoms with Gasteiger partial charge >= 0.3 is 0 Å². The van der Waals surface area contributed by atoms with Crippen molar-refractivity contribution in [2.75, 3.05) is 26.2 Å². The first kappa shape index (κ1) is 29.3. The number of carbonyl (C=O) groups excluding carboxylic acids is 1. The summed E-state index contributed by atoms with van der Waals surface area (Å²) < 4.78 is 35.6.